The van der Waals surface area contributed by atoms with Crippen molar-refractivity contribution in [1.29, 1.82) is 0 Å². The number of halogens is 1. The zero-order valence-corrected chi connectivity index (χ0v) is 9.84. The van der Waals surface area contributed by atoms with Gasteiger partial charge in [-0.25, -0.2) is 4.79 Å². The molecule has 4 nitrogen and oxygen atoms in total. The van der Waals surface area contributed by atoms with Crippen molar-refractivity contribution in [1.82, 2.24) is 5.32 Å². The van der Waals surface area contributed by atoms with Crippen LogP contribution < -0.4 is 10.6 Å². The third-order valence-corrected chi connectivity index (χ3v) is 2.34. The van der Waals surface area contributed by atoms with Crippen LogP contribution in [0.1, 0.15) is 19.8 Å². The summed E-state index contributed by atoms with van der Waals surface area (Å²) < 4.78 is 0. The van der Waals surface area contributed by atoms with E-state index < -0.39 is 0 Å². The van der Waals surface area contributed by atoms with E-state index in [1.54, 1.807) is 6.07 Å². The maximum absolute atomic E-state index is 11.3. The van der Waals surface area contributed by atoms with E-state index in [2.05, 4.69) is 17.6 Å². The highest BCUT2D eigenvalue weighted by molar-refractivity contribution is 6.32. The zero-order valence-electron chi connectivity index (χ0n) is 9.09. The molecule has 0 fully saturated rings. The second kappa shape index (κ2) is 6.23. The predicted molar refractivity (Wildman–Crippen MR) is 65.0 cm³/mol. The van der Waals surface area contributed by atoms with Gasteiger partial charge in [0.05, 0.1) is 5.02 Å². The first-order valence-corrected chi connectivity index (χ1v) is 5.54. The first-order chi connectivity index (χ1) is 7.63. The van der Waals surface area contributed by atoms with Crippen LogP contribution in [0.2, 0.25) is 5.02 Å². The Balaban J connectivity index is 2.46. The number of hydrogen-bond donors (Lipinski definition) is 3. The number of urea groups is 1. The van der Waals surface area contributed by atoms with Crippen LogP contribution in [-0.2, 0) is 0 Å². The highest BCUT2D eigenvalue weighted by Crippen LogP contribution is 2.25. The number of carbonyl (C=O) groups is 1. The number of phenols is 1. The summed E-state index contributed by atoms with van der Waals surface area (Å²) in [6.45, 7) is 2.69. The van der Waals surface area contributed by atoms with Crippen LogP contribution in [0.4, 0.5) is 10.5 Å². The van der Waals surface area contributed by atoms with Crippen molar-refractivity contribution in [2.75, 3.05) is 11.9 Å². The molecule has 0 unspecified atom stereocenters. The summed E-state index contributed by atoms with van der Waals surface area (Å²) in [4.78, 5) is 11.3. The number of hydrogen-bond acceptors (Lipinski definition) is 2. The highest BCUT2D eigenvalue weighted by atomic mass is 35.5. The Hall–Kier alpha value is -1.42. The molecule has 0 saturated carbocycles. The Morgan fingerprint density at radius 1 is 1.50 bits per heavy atom. The Morgan fingerprint density at radius 3 is 2.88 bits per heavy atom. The second-order valence-electron chi connectivity index (χ2n) is 3.40. The van der Waals surface area contributed by atoms with Crippen LogP contribution in [-0.4, -0.2) is 17.7 Å². The Bertz CT molecular complexity index is 369. The van der Waals surface area contributed by atoms with Gasteiger partial charge in [-0.05, 0) is 18.6 Å². The second-order valence-corrected chi connectivity index (χ2v) is 3.81. The molecule has 0 bridgehead atoms. The molecule has 5 heteroatoms. The lowest BCUT2D eigenvalue weighted by atomic mass is 10.3. The van der Waals surface area contributed by atoms with Crippen LogP contribution in [0.5, 0.6) is 5.75 Å². The molecule has 0 spiro atoms. The van der Waals surface area contributed by atoms with Crippen LogP contribution in [0.15, 0.2) is 18.2 Å². The van der Waals surface area contributed by atoms with Gasteiger partial charge in [0.25, 0.3) is 0 Å². The zero-order chi connectivity index (χ0) is 12.0. The van der Waals surface area contributed by atoms with E-state index in [-0.39, 0.29) is 16.8 Å². The summed E-state index contributed by atoms with van der Waals surface area (Å²) in [6.07, 6.45) is 1.97. The maximum Gasteiger partial charge on any atom is 0.319 e. The third-order valence-electron chi connectivity index (χ3n) is 2.02. The molecule has 1 aromatic rings. The van der Waals surface area contributed by atoms with Crippen LogP contribution in [0, 0.1) is 0 Å². The number of unbranched alkanes of at least 4 members (excludes halogenated alkanes) is 1. The molecule has 0 radical (unpaired) electrons. The highest BCUT2D eigenvalue weighted by Gasteiger charge is 2.03. The standard InChI is InChI=1S/C11H15ClN2O2/c1-2-3-6-13-11(16)14-8-4-5-9(12)10(15)7-8/h4-5,7,15H,2-3,6H2,1H3,(H2,13,14,16). The van der Waals surface area contributed by atoms with Gasteiger partial charge in [-0.1, -0.05) is 24.9 Å². The Kier molecular flexibility index (Phi) is 4.92. The molecule has 1 aromatic carbocycles. The number of benzene rings is 1. The Morgan fingerprint density at radius 2 is 2.25 bits per heavy atom. The molecule has 0 aromatic heterocycles. The average Bonchev–Trinajstić information content (AvgIpc) is 2.24. The van der Waals surface area contributed by atoms with Crippen LogP contribution in [0.25, 0.3) is 0 Å². The minimum Gasteiger partial charge on any atom is -0.506 e. The lowest BCUT2D eigenvalue weighted by Gasteiger charge is -2.07. The van der Waals surface area contributed by atoms with Gasteiger partial charge in [-0.3, -0.25) is 0 Å². The SMILES string of the molecule is CCCCNC(=O)Nc1ccc(Cl)c(O)c1. The van der Waals surface area contributed by atoms with Crippen LogP contribution in [0.3, 0.4) is 0 Å². The molecule has 0 aliphatic heterocycles. The van der Waals surface area contributed by atoms with E-state index in [1.807, 2.05) is 0 Å². The number of amides is 2. The van der Waals surface area contributed by atoms with E-state index in [9.17, 15) is 9.90 Å². The fourth-order valence-corrected chi connectivity index (χ4v) is 1.26. The third kappa shape index (κ3) is 3.98. The number of aromatic hydroxyl groups is 1. The van der Waals surface area contributed by atoms with Crippen molar-refractivity contribution in [3.05, 3.63) is 23.2 Å². The molecule has 0 atom stereocenters. The van der Waals surface area contributed by atoms with Crippen molar-refractivity contribution in [2.45, 2.75) is 19.8 Å². The minimum absolute atomic E-state index is 0.0481. The minimum atomic E-state index is -0.282. The summed E-state index contributed by atoms with van der Waals surface area (Å²) in [5.74, 6) is -0.0481. The molecule has 16 heavy (non-hydrogen) atoms. The lowest BCUT2D eigenvalue weighted by molar-refractivity contribution is 0.252. The Labute approximate surface area is 99.6 Å². The first-order valence-electron chi connectivity index (χ1n) is 5.17. The van der Waals surface area contributed by atoms with Crippen LogP contribution >= 0.6 is 11.6 Å². The van der Waals surface area contributed by atoms with Crippen molar-refractivity contribution in [2.24, 2.45) is 0 Å². The van der Waals surface area contributed by atoms with E-state index in [4.69, 9.17) is 11.6 Å². The normalized spacial score (nSPS) is 9.88. The first kappa shape index (κ1) is 12.6. The predicted octanol–water partition coefficient (Wildman–Crippen LogP) is 2.97. The number of rotatable bonds is 4. The molecular formula is C11H15ClN2O2. The summed E-state index contributed by atoms with van der Waals surface area (Å²) >= 11 is 5.64. The fraction of sp³-hybridized carbons (Fsp3) is 0.364. The largest absolute Gasteiger partial charge is 0.506 e. The topological polar surface area (TPSA) is 61.4 Å². The van der Waals surface area contributed by atoms with E-state index >= 15 is 0 Å². The molecule has 0 aliphatic carbocycles. The quantitative estimate of drug-likeness (QED) is 0.711. The maximum atomic E-state index is 11.3. The van der Waals surface area contributed by atoms with Gasteiger partial charge < -0.3 is 15.7 Å². The molecule has 2 amide bonds. The molecular weight excluding hydrogens is 228 g/mol. The van der Waals surface area contributed by atoms with E-state index in [0.717, 1.165) is 12.8 Å². The molecule has 3 N–H and O–H groups in total. The molecule has 1 rings (SSSR count). The van der Waals surface area contributed by atoms with Crippen molar-refractivity contribution < 1.29 is 9.90 Å². The number of nitrogens with one attached hydrogen (secondary N) is 2. The van der Waals surface area contributed by atoms with Crippen molar-refractivity contribution in [3.8, 4) is 5.75 Å². The van der Waals surface area contributed by atoms with Crippen molar-refractivity contribution in [3.63, 3.8) is 0 Å². The molecule has 0 heterocycles. The average molecular weight is 243 g/mol. The van der Waals surface area contributed by atoms with E-state index in [1.165, 1.54) is 12.1 Å². The van der Waals surface area contributed by atoms with Gasteiger partial charge in [0.1, 0.15) is 5.75 Å². The molecule has 0 saturated heterocycles. The lowest BCUT2D eigenvalue weighted by Crippen LogP contribution is -2.29. The van der Waals surface area contributed by atoms with Gasteiger partial charge in [0.2, 0.25) is 0 Å². The number of anilines is 1. The summed E-state index contributed by atoms with van der Waals surface area (Å²) in [5, 5.41) is 14.9. The monoisotopic (exact) mass is 242 g/mol. The molecule has 88 valence electrons. The van der Waals surface area contributed by atoms with E-state index in [0.29, 0.717) is 12.2 Å². The summed E-state index contributed by atoms with van der Waals surface area (Å²) in [7, 11) is 0. The van der Waals surface area contributed by atoms with Gasteiger partial charge in [0.15, 0.2) is 0 Å². The van der Waals surface area contributed by atoms with Gasteiger partial charge in [-0.2, -0.15) is 0 Å². The van der Waals surface area contributed by atoms with Gasteiger partial charge in [0, 0.05) is 18.3 Å². The van der Waals surface area contributed by atoms with Crippen molar-refractivity contribution >= 4 is 23.3 Å². The molecule has 0 aliphatic rings. The summed E-state index contributed by atoms with van der Waals surface area (Å²) in [6, 6.07) is 4.28. The fourth-order valence-electron chi connectivity index (χ4n) is 1.14. The smallest absolute Gasteiger partial charge is 0.319 e. The van der Waals surface area contributed by atoms with Gasteiger partial charge in [-0.15, -0.1) is 0 Å². The number of phenolic OH excluding ortho intramolecular Hbond substituents is 1. The summed E-state index contributed by atoms with van der Waals surface area (Å²) in [5.41, 5.74) is 0.510. The van der Waals surface area contributed by atoms with Gasteiger partial charge >= 0.3 is 6.03 Å². The number of carbonyl (C=O) groups excluding carboxylic acids is 1.